The number of fused-ring (bicyclic) bond motifs is 1. The lowest BCUT2D eigenvalue weighted by Gasteiger charge is -2.16. The summed E-state index contributed by atoms with van der Waals surface area (Å²) < 4.78 is 4.13. The van der Waals surface area contributed by atoms with E-state index in [0.29, 0.717) is 18.1 Å². The molecule has 0 unspecified atom stereocenters. The Morgan fingerprint density at radius 2 is 2.09 bits per heavy atom. The predicted octanol–water partition coefficient (Wildman–Crippen LogP) is 4.06. The van der Waals surface area contributed by atoms with E-state index in [0.717, 1.165) is 58.8 Å². The summed E-state index contributed by atoms with van der Waals surface area (Å²) in [4.78, 5) is 21.6. The van der Waals surface area contributed by atoms with Crippen molar-refractivity contribution in [1.82, 2.24) is 39.7 Å². The molecule has 0 aliphatic heterocycles. The number of carbonyl (C=O) groups is 1. The number of aromatic amines is 1. The van der Waals surface area contributed by atoms with Crippen molar-refractivity contribution in [3.05, 3.63) is 65.7 Å². The number of aromatic nitrogens is 8. The third-order valence-electron chi connectivity index (χ3n) is 5.98. The number of nitrogens with zero attached hydrogens (tertiary/aromatic N) is 7. The first-order valence-electron chi connectivity index (χ1n) is 11.7. The van der Waals surface area contributed by atoms with E-state index in [1.165, 1.54) is 6.92 Å². The Balaban J connectivity index is 1.57. The van der Waals surface area contributed by atoms with E-state index >= 15 is 0 Å². The lowest BCUT2D eigenvalue weighted by atomic mass is 10.1. The van der Waals surface area contributed by atoms with Crippen LogP contribution < -0.4 is 5.32 Å². The minimum atomic E-state index is -0.146. The van der Waals surface area contributed by atoms with E-state index in [9.17, 15) is 4.79 Å². The molecule has 5 aromatic rings. The van der Waals surface area contributed by atoms with Gasteiger partial charge >= 0.3 is 0 Å². The number of nitrogens with one attached hydrogen (secondary N) is 2. The second-order valence-electron chi connectivity index (χ2n) is 8.56. The number of anilines is 1. The molecule has 0 spiro atoms. The summed E-state index contributed by atoms with van der Waals surface area (Å²) in [5.41, 5.74) is 6.27. The van der Waals surface area contributed by atoms with E-state index < -0.39 is 0 Å². The number of aryl methyl sites for hydroxylation is 2. The second-order valence-corrected chi connectivity index (χ2v) is 8.56. The van der Waals surface area contributed by atoms with Gasteiger partial charge < -0.3 is 14.5 Å². The van der Waals surface area contributed by atoms with Crippen molar-refractivity contribution in [2.24, 2.45) is 0 Å². The van der Waals surface area contributed by atoms with Crippen molar-refractivity contribution >= 4 is 22.8 Å². The van der Waals surface area contributed by atoms with Gasteiger partial charge in [0, 0.05) is 25.7 Å². The Morgan fingerprint density at radius 1 is 1.20 bits per heavy atom. The Bertz CT molecular complexity index is 1480. The molecule has 10 nitrogen and oxygen atoms in total. The van der Waals surface area contributed by atoms with Crippen molar-refractivity contribution in [3.8, 4) is 17.2 Å². The van der Waals surface area contributed by atoms with Crippen molar-refractivity contribution in [3.63, 3.8) is 0 Å². The summed E-state index contributed by atoms with van der Waals surface area (Å²) >= 11 is 0. The van der Waals surface area contributed by atoms with E-state index in [4.69, 9.17) is 4.98 Å². The Kier molecular flexibility index (Phi) is 6.09. The summed E-state index contributed by atoms with van der Waals surface area (Å²) in [6.07, 6.45) is 6.79. The first kappa shape index (κ1) is 22.5. The van der Waals surface area contributed by atoms with Gasteiger partial charge in [0.2, 0.25) is 5.91 Å². The lowest BCUT2D eigenvalue weighted by molar-refractivity contribution is -0.114. The first-order chi connectivity index (χ1) is 17.0. The van der Waals surface area contributed by atoms with Crippen LogP contribution >= 0.6 is 0 Å². The summed E-state index contributed by atoms with van der Waals surface area (Å²) in [5, 5.41) is 17.2. The molecule has 4 heterocycles. The van der Waals surface area contributed by atoms with Gasteiger partial charge in [0.25, 0.3) is 0 Å². The number of tetrazole rings is 1. The molecule has 0 aliphatic carbocycles. The number of hydrogen-bond acceptors (Lipinski definition) is 6. The quantitative estimate of drug-likeness (QED) is 0.354. The monoisotopic (exact) mass is 469 g/mol. The van der Waals surface area contributed by atoms with Crippen molar-refractivity contribution in [2.75, 3.05) is 5.32 Å². The third-order valence-corrected chi connectivity index (χ3v) is 5.98. The van der Waals surface area contributed by atoms with Crippen LogP contribution in [0.15, 0.2) is 48.8 Å². The van der Waals surface area contributed by atoms with Crippen LogP contribution in [0.1, 0.15) is 43.6 Å². The SMILES string of the molecule is CCCCc1nc2c(C)ccnc2n1Cc1ccc(-n2cccc2-c2nnn[nH]2)c(NC(C)=O)c1. The van der Waals surface area contributed by atoms with E-state index in [-0.39, 0.29) is 5.91 Å². The number of carbonyl (C=O) groups excluding carboxylic acids is 1. The number of H-pyrrole nitrogens is 1. The predicted molar refractivity (Wildman–Crippen MR) is 133 cm³/mol. The molecule has 0 saturated heterocycles. The fraction of sp³-hybridized carbons (Fsp3) is 0.280. The highest BCUT2D eigenvalue weighted by Crippen LogP contribution is 2.29. The average Bonchev–Trinajstić information content (AvgIpc) is 3.59. The highest BCUT2D eigenvalue weighted by atomic mass is 16.1. The third kappa shape index (κ3) is 4.42. The number of amides is 1. The molecule has 35 heavy (non-hydrogen) atoms. The Labute approximate surface area is 202 Å². The van der Waals surface area contributed by atoms with Crippen LogP contribution in [0.4, 0.5) is 5.69 Å². The van der Waals surface area contributed by atoms with Crippen LogP contribution in [0.5, 0.6) is 0 Å². The molecule has 0 bridgehead atoms. The average molecular weight is 470 g/mol. The van der Waals surface area contributed by atoms with Gasteiger partial charge in [0.1, 0.15) is 11.3 Å². The van der Waals surface area contributed by atoms with Crippen LogP contribution in [-0.2, 0) is 17.8 Å². The second kappa shape index (κ2) is 9.49. The van der Waals surface area contributed by atoms with Crippen molar-refractivity contribution < 1.29 is 4.79 Å². The molecule has 0 atom stereocenters. The number of pyridine rings is 1. The smallest absolute Gasteiger partial charge is 0.221 e. The minimum absolute atomic E-state index is 0.146. The standard InChI is InChI=1S/C25H27N9O/c1-4-5-8-22-28-23-16(2)11-12-26-25(23)34(22)15-18-9-10-20(19(14-18)27-17(3)35)33-13-6-7-21(33)24-29-31-32-30-24/h6-7,9-14H,4-5,8,15H2,1-3H3,(H,27,35)(H,29,30,31,32). The Morgan fingerprint density at radius 3 is 2.86 bits per heavy atom. The van der Waals surface area contributed by atoms with Gasteiger partial charge in [0.05, 0.1) is 23.6 Å². The van der Waals surface area contributed by atoms with Gasteiger partial charge in [-0.05, 0) is 65.2 Å². The molecule has 0 radical (unpaired) electrons. The molecule has 0 saturated carbocycles. The van der Waals surface area contributed by atoms with Crippen LogP contribution in [0.3, 0.4) is 0 Å². The van der Waals surface area contributed by atoms with Crippen LogP contribution in [-0.4, -0.2) is 45.6 Å². The molecule has 0 fully saturated rings. The topological polar surface area (TPSA) is 119 Å². The summed E-state index contributed by atoms with van der Waals surface area (Å²) in [7, 11) is 0. The number of rotatable bonds is 8. The first-order valence-corrected chi connectivity index (χ1v) is 11.7. The summed E-state index contributed by atoms with van der Waals surface area (Å²) in [6, 6.07) is 11.9. The fourth-order valence-electron chi connectivity index (χ4n) is 4.29. The van der Waals surface area contributed by atoms with Gasteiger partial charge in [-0.1, -0.05) is 19.4 Å². The van der Waals surface area contributed by atoms with Crippen LogP contribution in [0.2, 0.25) is 0 Å². The molecule has 1 amide bonds. The zero-order chi connectivity index (χ0) is 24.4. The zero-order valence-corrected chi connectivity index (χ0v) is 20.0. The van der Waals surface area contributed by atoms with Gasteiger partial charge in [-0.2, -0.15) is 0 Å². The number of unbranched alkanes of at least 4 members (excludes halogenated alkanes) is 1. The van der Waals surface area contributed by atoms with Crippen LogP contribution in [0, 0.1) is 6.92 Å². The maximum atomic E-state index is 12.1. The number of imidazole rings is 1. The van der Waals surface area contributed by atoms with Gasteiger partial charge in [-0.3, -0.25) is 4.79 Å². The maximum Gasteiger partial charge on any atom is 0.221 e. The lowest BCUT2D eigenvalue weighted by Crippen LogP contribution is -2.11. The summed E-state index contributed by atoms with van der Waals surface area (Å²) in [6.45, 7) is 6.35. The van der Waals surface area contributed by atoms with Gasteiger partial charge in [-0.25, -0.2) is 15.1 Å². The largest absolute Gasteiger partial charge is 0.325 e. The molecule has 5 rings (SSSR count). The molecule has 178 valence electrons. The molecule has 1 aromatic carbocycles. The molecule has 4 aromatic heterocycles. The summed E-state index contributed by atoms with van der Waals surface area (Å²) in [5.74, 6) is 1.42. The molecular weight excluding hydrogens is 442 g/mol. The molecular formula is C25H27N9O. The van der Waals surface area contributed by atoms with Gasteiger partial charge in [0.15, 0.2) is 11.5 Å². The van der Waals surface area contributed by atoms with Crippen molar-refractivity contribution in [1.29, 1.82) is 0 Å². The zero-order valence-electron chi connectivity index (χ0n) is 20.0. The maximum absolute atomic E-state index is 12.1. The highest BCUT2D eigenvalue weighted by Gasteiger charge is 2.17. The van der Waals surface area contributed by atoms with Crippen molar-refractivity contribution in [2.45, 2.75) is 46.6 Å². The molecule has 10 heteroatoms. The van der Waals surface area contributed by atoms with Crippen LogP contribution in [0.25, 0.3) is 28.4 Å². The number of benzene rings is 1. The number of hydrogen-bond donors (Lipinski definition) is 2. The minimum Gasteiger partial charge on any atom is -0.325 e. The molecule has 2 N–H and O–H groups in total. The van der Waals surface area contributed by atoms with E-state index in [2.05, 4.69) is 55.4 Å². The highest BCUT2D eigenvalue weighted by molar-refractivity contribution is 5.91. The fourth-order valence-corrected chi connectivity index (χ4v) is 4.29. The van der Waals surface area contributed by atoms with E-state index in [1.54, 1.807) is 0 Å². The van der Waals surface area contributed by atoms with Gasteiger partial charge in [-0.15, -0.1) is 5.10 Å². The molecule has 0 aliphatic rings. The normalized spacial score (nSPS) is 11.3. The van der Waals surface area contributed by atoms with E-state index in [1.807, 2.05) is 47.3 Å². The Hall–Kier alpha value is -4.34.